The topological polar surface area (TPSA) is 41.3 Å². The van der Waals surface area contributed by atoms with E-state index in [4.69, 9.17) is 4.52 Å². The second kappa shape index (κ2) is 6.01. The molecule has 1 unspecified atom stereocenters. The number of hydrogen-bond donors (Lipinski definition) is 1. The van der Waals surface area contributed by atoms with Crippen LogP contribution in [0.4, 0.5) is 0 Å². The minimum absolute atomic E-state index is 0.804. The minimum Gasteiger partial charge on any atom is -0.364 e. The molecule has 0 saturated carbocycles. The Morgan fingerprint density at radius 3 is 3.31 bits per heavy atom. The molecule has 2 heterocycles. The highest BCUT2D eigenvalue weighted by molar-refractivity contribution is 4.96. The van der Waals surface area contributed by atoms with Crippen molar-refractivity contribution in [3.05, 3.63) is 18.0 Å². The van der Waals surface area contributed by atoms with Crippen molar-refractivity contribution in [1.82, 2.24) is 15.4 Å². The van der Waals surface area contributed by atoms with Crippen molar-refractivity contribution in [2.75, 3.05) is 26.2 Å². The van der Waals surface area contributed by atoms with E-state index in [1.54, 1.807) is 6.26 Å². The maximum atomic E-state index is 4.84. The lowest BCUT2D eigenvalue weighted by Crippen LogP contribution is -2.26. The van der Waals surface area contributed by atoms with E-state index in [-0.39, 0.29) is 0 Å². The van der Waals surface area contributed by atoms with Gasteiger partial charge in [0, 0.05) is 19.2 Å². The van der Waals surface area contributed by atoms with E-state index in [0.717, 1.165) is 31.2 Å². The molecule has 4 heteroatoms. The first-order valence-electron chi connectivity index (χ1n) is 6.21. The summed E-state index contributed by atoms with van der Waals surface area (Å²) in [5.74, 6) is 0.804. The van der Waals surface area contributed by atoms with E-state index in [1.807, 2.05) is 6.07 Å². The lowest BCUT2D eigenvalue weighted by Gasteiger charge is -2.14. The van der Waals surface area contributed by atoms with Crippen molar-refractivity contribution in [1.29, 1.82) is 0 Å². The first-order chi connectivity index (χ1) is 7.88. The molecule has 1 aliphatic heterocycles. The molecule has 1 aliphatic rings. The molecule has 0 radical (unpaired) electrons. The van der Waals surface area contributed by atoms with E-state index in [9.17, 15) is 0 Å². The quantitative estimate of drug-likeness (QED) is 0.742. The summed E-state index contributed by atoms with van der Waals surface area (Å²) in [6, 6.07) is 1.95. The van der Waals surface area contributed by atoms with E-state index in [0.29, 0.717) is 0 Å². The molecule has 0 aromatic carbocycles. The molecular formula is C12H21N3O. The Hall–Kier alpha value is -0.870. The van der Waals surface area contributed by atoms with Gasteiger partial charge in [-0.05, 0) is 38.4 Å². The van der Waals surface area contributed by atoms with E-state index < -0.39 is 0 Å². The average Bonchev–Trinajstić information content (AvgIpc) is 2.91. The highest BCUT2D eigenvalue weighted by atomic mass is 16.5. The molecule has 0 spiro atoms. The Morgan fingerprint density at radius 1 is 1.62 bits per heavy atom. The zero-order chi connectivity index (χ0) is 11.2. The normalized spacial score (nSPS) is 21.7. The third-order valence-corrected chi connectivity index (χ3v) is 3.11. The van der Waals surface area contributed by atoms with Crippen LogP contribution in [-0.2, 0) is 6.54 Å². The Balaban J connectivity index is 1.67. The predicted molar refractivity (Wildman–Crippen MR) is 63.0 cm³/mol. The van der Waals surface area contributed by atoms with Crippen LogP contribution in [0, 0.1) is 5.92 Å². The van der Waals surface area contributed by atoms with Gasteiger partial charge in [0.15, 0.2) is 0 Å². The second-order valence-corrected chi connectivity index (χ2v) is 4.58. The van der Waals surface area contributed by atoms with Crippen molar-refractivity contribution in [2.45, 2.75) is 26.3 Å². The van der Waals surface area contributed by atoms with E-state index >= 15 is 0 Å². The Labute approximate surface area is 97.0 Å². The summed E-state index contributed by atoms with van der Waals surface area (Å²) in [6.45, 7) is 7.80. The van der Waals surface area contributed by atoms with Gasteiger partial charge in [0.05, 0.1) is 5.69 Å². The molecule has 90 valence electrons. The van der Waals surface area contributed by atoms with Gasteiger partial charge in [0.1, 0.15) is 6.26 Å². The number of rotatable bonds is 6. The van der Waals surface area contributed by atoms with Crippen LogP contribution in [0.5, 0.6) is 0 Å². The zero-order valence-electron chi connectivity index (χ0n) is 9.98. The maximum Gasteiger partial charge on any atom is 0.124 e. The van der Waals surface area contributed by atoms with E-state index in [2.05, 4.69) is 22.3 Å². The highest BCUT2D eigenvalue weighted by Crippen LogP contribution is 2.17. The Morgan fingerprint density at radius 2 is 2.56 bits per heavy atom. The molecule has 1 aromatic heterocycles. The molecular weight excluding hydrogens is 202 g/mol. The summed E-state index contributed by atoms with van der Waals surface area (Å²) < 4.78 is 4.84. The molecule has 16 heavy (non-hydrogen) atoms. The number of nitrogens with one attached hydrogen (secondary N) is 1. The minimum atomic E-state index is 0.804. The van der Waals surface area contributed by atoms with Crippen LogP contribution in [0.3, 0.4) is 0 Å². The molecule has 2 rings (SSSR count). The summed E-state index contributed by atoms with van der Waals surface area (Å²) in [6.07, 6.45) is 4.16. The van der Waals surface area contributed by atoms with Gasteiger partial charge < -0.3 is 9.84 Å². The molecule has 1 atom stereocenters. The van der Waals surface area contributed by atoms with Crippen molar-refractivity contribution in [2.24, 2.45) is 5.92 Å². The Bertz CT molecular complexity index is 286. The van der Waals surface area contributed by atoms with Gasteiger partial charge in [-0.25, -0.2) is 0 Å². The molecule has 1 saturated heterocycles. The molecule has 0 aliphatic carbocycles. The first-order valence-corrected chi connectivity index (χ1v) is 6.21. The van der Waals surface area contributed by atoms with Gasteiger partial charge >= 0.3 is 0 Å². The monoisotopic (exact) mass is 223 g/mol. The van der Waals surface area contributed by atoms with Crippen LogP contribution < -0.4 is 5.32 Å². The van der Waals surface area contributed by atoms with Gasteiger partial charge in [-0.3, -0.25) is 4.90 Å². The Kier molecular flexibility index (Phi) is 4.36. The van der Waals surface area contributed by atoms with Crippen molar-refractivity contribution >= 4 is 0 Å². The maximum absolute atomic E-state index is 4.84. The fraction of sp³-hybridized carbons (Fsp3) is 0.750. The number of hydrogen-bond acceptors (Lipinski definition) is 4. The molecule has 1 N–H and O–H groups in total. The molecule has 0 amide bonds. The summed E-state index contributed by atoms with van der Waals surface area (Å²) >= 11 is 0. The summed E-state index contributed by atoms with van der Waals surface area (Å²) in [5.41, 5.74) is 1.04. The van der Waals surface area contributed by atoms with E-state index in [1.165, 1.54) is 25.9 Å². The standard InChI is InChI=1S/C12H21N3O/c1-2-5-13-8-11-3-6-15(9-11)10-12-4-7-16-14-12/h4,7,11,13H,2-3,5-6,8-10H2,1H3. The summed E-state index contributed by atoms with van der Waals surface area (Å²) in [4.78, 5) is 2.45. The SMILES string of the molecule is CCCNCC1CCN(Cc2ccon2)C1. The van der Waals surface area contributed by atoms with Crippen LogP contribution in [0.1, 0.15) is 25.5 Å². The number of likely N-dealkylation sites (tertiary alicyclic amines) is 1. The van der Waals surface area contributed by atoms with Crippen molar-refractivity contribution in [3.8, 4) is 0 Å². The molecule has 1 aromatic rings. The fourth-order valence-corrected chi connectivity index (χ4v) is 2.25. The van der Waals surface area contributed by atoms with Crippen LogP contribution >= 0.6 is 0 Å². The van der Waals surface area contributed by atoms with Gasteiger partial charge in [-0.1, -0.05) is 12.1 Å². The van der Waals surface area contributed by atoms with Crippen LogP contribution in [0.2, 0.25) is 0 Å². The van der Waals surface area contributed by atoms with Gasteiger partial charge in [0.25, 0.3) is 0 Å². The lowest BCUT2D eigenvalue weighted by molar-refractivity contribution is 0.300. The average molecular weight is 223 g/mol. The zero-order valence-corrected chi connectivity index (χ0v) is 9.98. The molecule has 4 nitrogen and oxygen atoms in total. The van der Waals surface area contributed by atoms with Crippen LogP contribution in [0.25, 0.3) is 0 Å². The molecule has 1 fully saturated rings. The lowest BCUT2D eigenvalue weighted by atomic mass is 10.1. The summed E-state index contributed by atoms with van der Waals surface area (Å²) in [5, 5.41) is 7.44. The van der Waals surface area contributed by atoms with Gasteiger partial charge in [0.2, 0.25) is 0 Å². The second-order valence-electron chi connectivity index (χ2n) is 4.58. The number of aromatic nitrogens is 1. The van der Waals surface area contributed by atoms with Crippen LogP contribution in [0.15, 0.2) is 16.9 Å². The van der Waals surface area contributed by atoms with Crippen molar-refractivity contribution in [3.63, 3.8) is 0 Å². The fourth-order valence-electron chi connectivity index (χ4n) is 2.25. The highest BCUT2D eigenvalue weighted by Gasteiger charge is 2.22. The number of nitrogens with zero attached hydrogens (tertiary/aromatic N) is 2. The third kappa shape index (κ3) is 3.32. The van der Waals surface area contributed by atoms with Gasteiger partial charge in [-0.15, -0.1) is 0 Å². The molecule has 0 bridgehead atoms. The third-order valence-electron chi connectivity index (χ3n) is 3.11. The summed E-state index contributed by atoms with van der Waals surface area (Å²) in [7, 11) is 0. The van der Waals surface area contributed by atoms with Crippen molar-refractivity contribution < 1.29 is 4.52 Å². The largest absolute Gasteiger partial charge is 0.364 e. The van der Waals surface area contributed by atoms with Crippen LogP contribution in [-0.4, -0.2) is 36.2 Å². The smallest absolute Gasteiger partial charge is 0.124 e. The van der Waals surface area contributed by atoms with Gasteiger partial charge in [-0.2, -0.15) is 0 Å². The predicted octanol–water partition coefficient (Wildman–Crippen LogP) is 1.50. The first kappa shape index (κ1) is 11.6.